The van der Waals surface area contributed by atoms with Gasteiger partial charge in [0.1, 0.15) is 5.75 Å². The maximum Gasteiger partial charge on any atom is 0.308 e. The molecule has 2 atom stereocenters. The van der Waals surface area contributed by atoms with E-state index in [1.54, 1.807) is 23.1 Å². The summed E-state index contributed by atoms with van der Waals surface area (Å²) in [6, 6.07) is 4.85. The van der Waals surface area contributed by atoms with Crippen LogP contribution >= 0.6 is 0 Å². The molecule has 24 heavy (non-hydrogen) atoms. The lowest BCUT2D eigenvalue weighted by atomic mass is 9.92. The molecule has 2 N–H and O–H groups in total. The Balaban J connectivity index is 1.77. The fraction of sp³-hybridized carbons (Fsp3) is 0.471. The van der Waals surface area contributed by atoms with Gasteiger partial charge >= 0.3 is 5.97 Å². The van der Waals surface area contributed by atoms with Crippen LogP contribution in [0.25, 0.3) is 0 Å². The molecule has 0 unspecified atom stereocenters. The zero-order valence-electron chi connectivity index (χ0n) is 13.4. The average Bonchev–Trinajstić information content (AvgIpc) is 2.98. The fourth-order valence-corrected chi connectivity index (χ4v) is 3.37. The minimum atomic E-state index is -0.847. The number of likely N-dealkylation sites (tertiary alicyclic amines) is 1. The van der Waals surface area contributed by atoms with E-state index in [-0.39, 0.29) is 30.9 Å². The molecule has 7 heteroatoms. The van der Waals surface area contributed by atoms with Gasteiger partial charge in [-0.2, -0.15) is 0 Å². The molecule has 7 nitrogen and oxygen atoms in total. The zero-order valence-corrected chi connectivity index (χ0v) is 13.4. The Morgan fingerprint density at radius 2 is 2.17 bits per heavy atom. The summed E-state index contributed by atoms with van der Waals surface area (Å²) in [5.74, 6) is -1.34. The summed E-state index contributed by atoms with van der Waals surface area (Å²) < 4.78 is 5.33. The second-order valence-electron chi connectivity index (χ2n) is 6.25. The van der Waals surface area contributed by atoms with Crippen LogP contribution in [-0.2, 0) is 9.59 Å². The van der Waals surface area contributed by atoms with Crippen LogP contribution in [0.4, 0.5) is 5.69 Å². The average molecular weight is 332 g/mol. The normalized spacial score (nSPS) is 22.5. The maximum atomic E-state index is 12.7. The minimum Gasteiger partial charge on any atom is -0.482 e. The van der Waals surface area contributed by atoms with Crippen molar-refractivity contribution in [1.29, 1.82) is 0 Å². The van der Waals surface area contributed by atoms with Crippen molar-refractivity contribution in [1.82, 2.24) is 4.90 Å². The van der Waals surface area contributed by atoms with Gasteiger partial charge in [0.15, 0.2) is 6.61 Å². The smallest absolute Gasteiger partial charge is 0.308 e. The summed E-state index contributed by atoms with van der Waals surface area (Å²) in [4.78, 5) is 37.0. The molecule has 0 bridgehead atoms. The third-order valence-electron chi connectivity index (χ3n) is 4.57. The number of carboxylic acid groups (broad SMARTS) is 1. The number of hydrogen-bond acceptors (Lipinski definition) is 4. The van der Waals surface area contributed by atoms with Crippen molar-refractivity contribution in [2.45, 2.75) is 19.8 Å². The number of ether oxygens (including phenoxy) is 1. The van der Waals surface area contributed by atoms with Gasteiger partial charge in [-0.1, -0.05) is 13.3 Å². The van der Waals surface area contributed by atoms with E-state index in [1.807, 2.05) is 6.92 Å². The Morgan fingerprint density at radius 3 is 2.88 bits per heavy atom. The second-order valence-corrected chi connectivity index (χ2v) is 6.25. The Kier molecular flexibility index (Phi) is 4.42. The number of carbonyl (C=O) groups excluding carboxylic acids is 2. The van der Waals surface area contributed by atoms with Crippen LogP contribution in [0, 0.1) is 11.8 Å². The topological polar surface area (TPSA) is 95.9 Å². The number of anilines is 1. The quantitative estimate of drug-likeness (QED) is 0.873. The number of rotatable bonds is 4. The third-order valence-corrected chi connectivity index (χ3v) is 4.57. The van der Waals surface area contributed by atoms with Crippen LogP contribution in [0.1, 0.15) is 30.1 Å². The monoisotopic (exact) mass is 332 g/mol. The predicted molar refractivity (Wildman–Crippen MR) is 86.0 cm³/mol. The lowest BCUT2D eigenvalue weighted by molar-refractivity contribution is -0.142. The first kappa shape index (κ1) is 16.3. The molecule has 2 heterocycles. The van der Waals surface area contributed by atoms with E-state index in [0.717, 1.165) is 12.8 Å². The highest BCUT2D eigenvalue weighted by Crippen LogP contribution is 2.32. The molecule has 0 aromatic heterocycles. The second kappa shape index (κ2) is 6.51. The molecule has 3 rings (SSSR count). The van der Waals surface area contributed by atoms with Crippen molar-refractivity contribution in [3.05, 3.63) is 23.8 Å². The first-order chi connectivity index (χ1) is 11.5. The van der Waals surface area contributed by atoms with Gasteiger partial charge in [-0.25, -0.2) is 0 Å². The van der Waals surface area contributed by atoms with Crippen LogP contribution in [0.15, 0.2) is 18.2 Å². The number of hydrogen-bond donors (Lipinski definition) is 2. The molecule has 0 spiro atoms. The number of carbonyl (C=O) groups is 3. The molecule has 128 valence electrons. The van der Waals surface area contributed by atoms with Gasteiger partial charge in [-0.15, -0.1) is 0 Å². The van der Waals surface area contributed by atoms with Crippen LogP contribution in [-0.4, -0.2) is 47.5 Å². The Labute approximate surface area is 139 Å². The van der Waals surface area contributed by atoms with Crippen molar-refractivity contribution in [2.75, 3.05) is 25.0 Å². The highest BCUT2D eigenvalue weighted by atomic mass is 16.5. The van der Waals surface area contributed by atoms with Gasteiger partial charge < -0.3 is 20.1 Å². The molecular formula is C17H20N2O5. The summed E-state index contributed by atoms with van der Waals surface area (Å²) in [5, 5.41) is 12.0. The van der Waals surface area contributed by atoms with Gasteiger partial charge in [0.05, 0.1) is 11.6 Å². The maximum absolute atomic E-state index is 12.7. The van der Waals surface area contributed by atoms with E-state index in [2.05, 4.69) is 5.32 Å². The molecule has 0 saturated carbocycles. The van der Waals surface area contributed by atoms with Crippen molar-refractivity contribution in [3.8, 4) is 5.75 Å². The molecule has 1 fully saturated rings. The van der Waals surface area contributed by atoms with E-state index >= 15 is 0 Å². The van der Waals surface area contributed by atoms with Gasteiger partial charge in [0.25, 0.3) is 11.8 Å². The van der Waals surface area contributed by atoms with Crippen LogP contribution in [0.5, 0.6) is 5.75 Å². The summed E-state index contributed by atoms with van der Waals surface area (Å²) in [6.07, 6.45) is 1.68. The molecule has 1 saturated heterocycles. The summed E-state index contributed by atoms with van der Waals surface area (Å²) in [7, 11) is 0. The summed E-state index contributed by atoms with van der Waals surface area (Å²) in [5.41, 5.74) is 0.975. The molecule has 0 radical (unpaired) electrons. The number of nitrogens with one attached hydrogen (secondary N) is 1. The van der Waals surface area contributed by atoms with Crippen LogP contribution in [0.2, 0.25) is 0 Å². The Bertz CT molecular complexity index is 688. The third kappa shape index (κ3) is 3.06. The highest BCUT2D eigenvalue weighted by Gasteiger charge is 2.39. The number of amides is 2. The van der Waals surface area contributed by atoms with Gasteiger partial charge in [0, 0.05) is 18.7 Å². The van der Waals surface area contributed by atoms with Crippen molar-refractivity contribution in [2.24, 2.45) is 11.8 Å². The SMILES string of the molecule is CCC[C@@H]1CN(C(=O)c2ccc3c(c2)OCC(=O)N3)C[C@H]1C(=O)O. The lowest BCUT2D eigenvalue weighted by Crippen LogP contribution is -2.30. The summed E-state index contributed by atoms with van der Waals surface area (Å²) >= 11 is 0. The van der Waals surface area contributed by atoms with E-state index in [1.165, 1.54) is 0 Å². The minimum absolute atomic E-state index is 0.00962. The van der Waals surface area contributed by atoms with Gasteiger partial charge in [0.2, 0.25) is 0 Å². The molecule has 0 aliphatic carbocycles. The zero-order chi connectivity index (χ0) is 17.3. The molecule has 2 aliphatic heterocycles. The van der Waals surface area contributed by atoms with Crippen molar-refractivity contribution in [3.63, 3.8) is 0 Å². The van der Waals surface area contributed by atoms with E-state index in [4.69, 9.17) is 4.74 Å². The van der Waals surface area contributed by atoms with E-state index < -0.39 is 11.9 Å². The molecule has 1 aromatic carbocycles. The van der Waals surface area contributed by atoms with Crippen LogP contribution < -0.4 is 10.1 Å². The molecule has 2 aliphatic rings. The number of aliphatic carboxylic acids is 1. The standard InChI is InChI=1S/C17H20N2O5/c1-2-3-11-7-19(8-12(11)17(22)23)16(21)10-4-5-13-14(6-10)24-9-15(20)18-13/h4-6,11-12H,2-3,7-9H2,1H3,(H,18,20)(H,22,23)/t11-,12-/m1/s1. The number of nitrogens with zero attached hydrogens (tertiary/aromatic N) is 1. The van der Waals surface area contributed by atoms with E-state index in [0.29, 0.717) is 23.5 Å². The number of carboxylic acids is 1. The molecule has 2 amide bonds. The molecule has 1 aromatic rings. The Hall–Kier alpha value is -2.57. The first-order valence-corrected chi connectivity index (χ1v) is 8.08. The van der Waals surface area contributed by atoms with Gasteiger partial charge in [-0.3, -0.25) is 14.4 Å². The van der Waals surface area contributed by atoms with Crippen LogP contribution in [0.3, 0.4) is 0 Å². The highest BCUT2D eigenvalue weighted by molar-refractivity contribution is 5.99. The molecular weight excluding hydrogens is 312 g/mol. The first-order valence-electron chi connectivity index (χ1n) is 8.08. The van der Waals surface area contributed by atoms with Gasteiger partial charge in [-0.05, 0) is 30.5 Å². The predicted octanol–water partition coefficient (Wildman–Crippen LogP) is 1.59. The van der Waals surface area contributed by atoms with Crippen molar-refractivity contribution >= 4 is 23.5 Å². The number of fused-ring (bicyclic) bond motifs is 1. The Morgan fingerprint density at radius 1 is 1.38 bits per heavy atom. The van der Waals surface area contributed by atoms with E-state index in [9.17, 15) is 19.5 Å². The fourth-order valence-electron chi connectivity index (χ4n) is 3.37. The number of benzene rings is 1. The lowest BCUT2D eigenvalue weighted by Gasteiger charge is -2.20. The largest absolute Gasteiger partial charge is 0.482 e. The van der Waals surface area contributed by atoms with Crippen molar-refractivity contribution < 1.29 is 24.2 Å². The summed E-state index contributed by atoms with van der Waals surface area (Å²) in [6.45, 7) is 2.62.